The van der Waals surface area contributed by atoms with Crippen molar-refractivity contribution in [3.63, 3.8) is 0 Å². The van der Waals surface area contributed by atoms with Gasteiger partial charge in [-0.1, -0.05) is 61.6 Å². The molecule has 0 spiro atoms. The predicted molar refractivity (Wildman–Crippen MR) is 52.4 cm³/mol. The summed E-state index contributed by atoms with van der Waals surface area (Å²) in [5.41, 5.74) is 1.88. The first-order valence-electron chi connectivity index (χ1n) is 2.84. The van der Waals surface area contributed by atoms with Gasteiger partial charge in [0.25, 0.3) is 0 Å². The molecule has 0 N–H and O–H groups in total. The van der Waals surface area contributed by atoms with Crippen LogP contribution < -0.4 is 5.46 Å². The first-order chi connectivity index (χ1) is 4.72. The van der Waals surface area contributed by atoms with Crippen LogP contribution in [0.15, 0.2) is 24.3 Å². The Kier molecular flexibility index (Phi) is 2.99. The molecule has 0 heterocycles. The van der Waals surface area contributed by atoms with Crippen LogP contribution in [-0.4, -0.2) is 7.85 Å². The molecular weight excluding hydrogens is 255 g/mol. The van der Waals surface area contributed by atoms with Crippen molar-refractivity contribution in [1.82, 2.24) is 0 Å². The van der Waals surface area contributed by atoms with Crippen molar-refractivity contribution in [3.05, 3.63) is 29.8 Å². The molecule has 0 unspecified atom stereocenters. The Labute approximate surface area is 78.7 Å². The molecule has 0 amide bonds. The number of rotatable bonds is 1. The second-order valence-corrected chi connectivity index (χ2v) is 4.99. The fourth-order valence-electron chi connectivity index (χ4n) is 0.710. The van der Waals surface area contributed by atoms with E-state index in [1.807, 2.05) is 24.3 Å². The first-order valence-corrected chi connectivity index (χ1v) is 4.67. The molecule has 0 aliphatic heterocycles. The molecule has 0 fully saturated rings. The Bertz CT molecular complexity index is 223. The van der Waals surface area contributed by atoms with E-state index in [0.717, 1.165) is 11.0 Å². The SMILES string of the molecule is [B]c1ccccc1C(Br)Br. The highest BCUT2D eigenvalue weighted by Gasteiger charge is 2.02. The lowest BCUT2D eigenvalue weighted by molar-refractivity contribution is 1.46. The quantitative estimate of drug-likeness (QED) is 0.536. The second kappa shape index (κ2) is 3.58. The summed E-state index contributed by atoms with van der Waals surface area (Å²) < 4.78 is 0.154. The molecule has 0 saturated carbocycles. The van der Waals surface area contributed by atoms with Crippen LogP contribution in [0, 0.1) is 0 Å². The monoisotopic (exact) mass is 258 g/mol. The predicted octanol–water partition coefficient (Wildman–Crippen LogP) is 2.27. The average molecular weight is 260 g/mol. The molecular formula is C7H5BBr2. The third-order valence-corrected chi connectivity index (χ3v) is 2.22. The zero-order chi connectivity index (χ0) is 7.56. The van der Waals surface area contributed by atoms with Crippen LogP contribution in [0.4, 0.5) is 0 Å². The molecule has 1 rings (SSSR count). The van der Waals surface area contributed by atoms with Gasteiger partial charge < -0.3 is 0 Å². The summed E-state index contributed by atoms with van der Waals surface area (Å²) in [4.78, 5) is 0. The standard InChI is InChI=1S/C7H5BBr2/c8-6-4-2-1-3-5(6)7(9)10/h1-4,7H. The number of hydrogen-bond donors (Lipinski definition) is 0. The van der Waals surface area contributed by atoms with Crippen molar-refractivity contribution in [1.29, 1.82) is 0 Å². The maximum Gasteiger partial charge on any atom is 0.114 e. The lowest BCUT2D eigenvalue weighted by atomic mass is 9.92. The van der Waals surface area contributed by atoms with Crippen molar-refractivity contribution in [3.8, 4) is 0 Å². The van der Waals surface area contributed by atoms with E-state index >= 15 is 0 Å². The molecule has 0 aromatic heterocycles. The first kappa shape index (κ1) is 8.34. The van der Waals surface area contributed by atoms with Gasteiger partial charge >= 0.3 is 0 Å². The van der Waals surface area contributed by atoms with Gasteiger partial charge in [-0.2, -0.15) is 0 Å². The molecule has 1 aromatic rings. The highest BCUT2D eigenvalue weighted by molar-refractivity contribution is 9.24. The van der Waals surface area contributed by atoms with Gasteiger partial charge in [0.05, 0.1) is 3.74 Å². The normalized spacial score (nSPS) is 10.3. The zero-order valence-electron chi connectivity index (χ0n) is 5.22. The molecule has 50 valence electrons. The molecule has 0 bridgehead atoms. The second-order valence-electron chi connectivity index (χ2n) is 1.93. The number of alkyl halides is 2. The van der Waals surface area contributed by atoms with E-state index in [1.165, 1.54) is 0 Å². The smallest absolute Gasteiger partial charge is 0.0916 e. The van der Waals surface area contributed by atoms with E-state index < -0.39 is 0 Å². The third kappa shape index (κ3) is 1.86. The van der Waals surface area contributed by atoms with Crippen LogP contribution >= 0.6 is 31.9 Å². The lowest BCUT2D eigenvalue weighted by Gasteiger charge is -2.04. The van der Waals surface area contributed by atoms with Crippen molar-refractivity contribution in [2.75, 3.05) is 0 Å². The van der Waals surface area contributed by atoms with Crippen molar-refractivity contribution >= 4 is 45.2 Å². The van der Waals surface area contributed by atoms with Gasteiger partial charge in [-0.25, -0.2) is 0 Å². The van der Waals surface area contributed by atoms with E-state index in [9.17, 15) is 0 Å². The summed E-state index contributed by atoms with van der Waals surface area (Å²) in [6.45, 7) is 0. The minimum atomic E-state index is 0.154. The van der Waals surface area contributed by atoms with E-state index in [-0.39, 0.29) is 3.74 Å². The van der Waals surface area contributed by atoms with E-state index in [2.05, 4.69) is 31.9 Å². The minimum absolute atomic E-state index is 0.154. The molecule has 0 nitrogen and oxygen atoms in total. The van der Waals surface area contributed by atoms with Gasteiger partial charge in [-0.3, -0.25) is 0 Å². The maximum absolute atomic E-state index is 5.66. The van der Waals surface area contributed by atoms with Crippen LogP contribution in [0.5, 0.6) is 0 Å². The number of benzene rings is 1. The van der Waals surface area contributed by atoms with Crippen molar-refractivity contribution < 1.29 is 0 Å². The summed E-state index contributed by atoms with van der Waals surface area (Å²) in [5, 5.41) is 0. The largest absolute Gasteiger partial charge is 0.114 e. The van der Waals surface area contributed by atoms with Crippen LogP contribution in [0.1, 0.15) is 9.30 Å². The average Bonchev–Trinajstić information content (AvgIpc) is 1.88. The molecule has 3 heteroatoms. The van der Waals surface area contributed by atoms with Crippen LogP contribution in [0.2, 0.25) is 0 Å². The Balaban J connectivity index is 3.03. The molecule has 2 radical (unpaired) electrons. The highest BCUT2D eigenvalue weighted by Crippen LogP contribution is 2.26. The summed E-state index contributed by atoms with van der Waals surface area (Å²) in [7, 11) is 5.66. The highest BCUT2D eigenvalue weighted by atomic mass is 79.9. The van der Waals surface area contributed by atoms with Crippen LogP contribution in [-0.2, 0) is 0 Å². The van der Waals surface area contributed by atoms with Crippen molar-refractivity contribution in [2.45, 2.75) is 3.74 Å². The van der Waals surface area contributed by atoms with Gasteiger partial charge in [0.15, 0.2) is 0 Å². The Morgan fingerprint density at radius 2 is 1.80 bits per heavy atom. The lowest BCUT2D eigenvalue weighted by Crippen LogP contribution is -2.08. The molecule has 0 aliphatic rings. The fraction of sp³-hybridized carbons (Fsp3) is 0.143. The topological polar surface area (TPSA) is 0 Å². The van der Waals surface area contributed by atoms with Gasteiger partial charge in [0, 0.05) is 0 Å². The molecule has 0 atom stereocenters. The van der Waals surface area contributed by atoms with E-state index in [1.54, 1.807) is 0 Å². The Morgan fingerprint density at radius 1 is 1.20 bits per heavy atom. The summed E-state index contributed by atoms with van der Waals surface area (Å²) >= 11 is 6.74. The number of halogens is 2. The summed E-state index contributed by atoms with van der Waals surface area (Å²) in [6.07, 6.45) is 0. The summed E-state index contributed by atoms with van der Waals surface area (Å²) in [5.74, 6) is 0. The molecule has 0 aliphatic carbocycles. The van der Waals surface area contributed by atoms with E-state index in [4.69, 9.17) is 7.85 Å². The molecule has 0 saturated heterocycles. The number of hydrogen-bond acceptors (Lipinski definition) is 0. The third-order valence-electron chi connectivity index (χ3n) is 1.23. The van der Waals surface area contributed by atoms with Gasteiger partial charge in [0.2, 0.25) is 0 Å². The van der Waals surface area contributed by atoms with Gasteiger partial charge in [0.1, 0.15) is 7.85 Å². The minimum Gasteiger partial charge on any atom is -0.0916 e. The van der Waals surface area contributed by atoms with Crippen molar-refractivity contribution in [2.24, 2.45) is 0 Å². The fourth-order valence-corrected chi connectivity index (χ4v) is 1.54. The summed E-state index contributed by atoms with van der Waals surface area (Å²) in [6, 6.07) is 7.73. The van der Waals surface area contributed by atoms with Crippen LogP contribution in [0.25, 0.3) is 0 Å². The van der Waals surface area contributed by atoms with Crippen LogP contribution in [0.3, 0.4) is 0 Å². The van der Waals surface area contributed by atoms with E-state index in [0.29, 0.717) is 0 Å². The zero-order valence-corrected chi connectivity index (χ0v) is 8.39. The Morgan fingerprint density at radius 3 is 2.20 bits per heavy atom. The Hall–Kier alpha value is 0.245. The molecule has 1 aromatic carbocycles. The van der Waals surface area contributed by atoms with Gasteiger partial charge in [-0.05, 0) is 5.56 Å². The maximum atomic E-state index is 5.66. The molecule has 10 heavy (non-hydrogen) atoms. The van der Waals surface area contributed by atoms with Gasteiger partial charge in [-0.15, -0.1) is 0 Å².